The Morgan fingerprint density at radius 3 is 1.86 bits per heavy atom. The monoisotopic (exact) mass is 262 g/mol. The highest BCUT2D eigenvalue weighted by Gasteiger charge is 2.25. The van der Waals surface area contributed by atoms with Gasteiger partial charge in [0.15, 0.2) is 0 Å². The summed E-state index contributed by atoms with van der Waals surface area (Å²) in [6, 6.07) is 0. The summed E-state index contributed by atoms with van der Waals surface area (Å²) in [6.45, 7) is 6.93. The number of rotatable bonds is 9. The number of alkyl halides is 1. The Kier molecular flexibility index (Phi) is 9.06. The highest BCUT2D eigenvalue weighted by molar-refractivity contribution is 9.09. The minimum atomic E-state index is 0.602. The van der Waals surface area contributed by atoms with Crippen molar-refractivity contribution in [3.63, 3.8) is 0 Å². The second-order valence-corrected chi connectivity index (χ2v) is 5.11. The summed E-state index contributed by atoms with van der Waals surface area (Å²) in [7, 11) is 0. The number of hydrogen-bond donors (Lipinski definition) is 0. The molecule has 0 aromatic heterocycles. The molecule has 1 heteroatoms. The summed E-state index contributed by atoms with van der Waals surface area (Å²) in [5, 5.41) is 1.19. The van der Waals surface area contributed by atoms with Gasteiger partial charge in [-0.05, 0) is 24.7 Å². The lowest BCUT2D eigenvalue weighted by Gasteiger charge is -2.31. The maximum absolute atomic E-state index is 3.72. The first-order valence-electron chi connectivity index (χ1n) is 6.30. The Morgan fingerprint density at radius 1 is 0.857 bits per heavy atom. The minimum Gasteiger partial charge on any atom is -0.0922 e. The van der Waals surface area contributed by atoms with E-state index in [0.29, 0.717) is 5.41 Å². The van der Waals surface area contributed by atoms with Crippen LogP contribution in [0.3, 0.4) is 0 Å². The van der Waals surface area contributed by atoms with E-state index in [4.69, 9.17) is 0 Å². The van der Waals surface area contributed by atoms with Crippen LogP contribution in [-0.4, -0.2) is 5.33 Å². The van der Waals surface area contributed by atoms with Gasteiger partial charge >= 0.3 is 0 Å². The van der Waals surface area contributed by atoms with E-state index in [0.717, 1.165) is 0 Å². The quantitative estimate of drug-likeness (QED) is 0.378. The predicted octanol–water partition coefficient (Wildman–Crippen LogP) is 5.55. The summed E-state index contributed by atoms with van der Waals surface area (Å²) in [6.07, 6.45) is 11.1. The summed E-state index contributed by atoms with van der Waals surface area (Å²) < 4.78 is 0. The molecule has 0 aliphatic carbocycles. The molecule has 14 heavy (non-hydrogen) atoms. The van der Waals surface area contributed by atoms with Crippen LogP contribution < -0.4 is 0 Å². The molecule has 1 atom stereocenters. The van der Waals surface area contributed by atoms with Crippen molar-refractivity contribution in [2.45, 2.75) is 72.1 Å². The molecule has 0 amide bonds. The van der Waals surface area contributed by atoms with Crippen molar-refractivity contribution in [2.24, 2.45) is 5.41 Å². The van der Waals surface area contributed by atoms with Crippen LogP contribution in [0.5, 0.6) is 0 Å². The molecule has 0 aliphatic heterocycles. The fourth-order valence-corrected chi connectivity index (χ4v) is 2.97. The van der Waals surface area contributed by atoms with E-state index in [1.165, 1.54) is 56.7 Å². The number of halogens is 1. The first kappa shape index (κ1) is 14.5. The fourth-order valence-electron chi connectivity index (χ4n) is 2.01. The smallest absolute Gasteiger partial charge is 0.00878 e. The summed E-state index contributed by atoms with van der Waals surface area (Å²) in [5.74, 6) is 0. The second kappa shape index (κ2) is 8.76. The molecule has 0 aromatic rings. The van der Waals surface area contributed by atoms with Crippen LogP contribution >= 0.6 is 15.9 Å². The van der Waals surface area contributed by atoms with Crippen LogP contribution in [0.1, 0.15) is 72.1 Å². The second-order valence-electron chi connectivity index (χ2n) is 4.55. The van der Waals surface area contributed by atoms with Gasteiger partial charge in [-0.15, -0.1) is 0 Å². The summed E-state index contributed by atoms with van der Waals surface area (Å²) in [4.78, 5) is 0. The van der Waals surface area contributed by atoms with Gasteiger partial charge < -0.3 is 0 Å². The van der Waals surface area contributed by atoms with Crippen LogP contribution in [0.15, 0.2) is 0 Å². The Bertz CT molecular complexity index is 116. The molecule has 86 valence electrons. The molecule has 1 unspecified atom stereocenters. The van der Waals surface area contributed by atoms with E-state index in [1.807, 2.05) is 0 Å². The first-order valence-corrected chi connectivity index (χ1v) is 7.42. The zero-order valence-corrected chi connectivity index (χ0v) is 11.8. The van der Waals surface area contributed by atoms with Gasteiger partial charge in [0.25, 0.3) is 0 Å². The highest BCUT2D eigenvalue weighted by atomic mass is 79.9. The zero-order valence-electron chi connectivity index (χ0n) is 10.2. The van der Waals surface area contributed by atoms with Crippen molar-refractivity contribution in [2.75, 3.05) is 5.33 Å². The molecule has 0 fully saturated rings. The first-order chi connectivity index (χ1) is 6.74. The van der Waals surface area contributed by atoms with Gasteiger partial charge in [0, 0.05) is 5.33 Å². The van der Waals surface area contributed by atoms with Gasteiger partial charge in [0.1, 0.15) is 0 Å². The summed E-state index contributed by atoms with van der Waals surface area (Å²) in [5.41, 5.74) is 0.602. The molecule has 0 saturated carbocycles. The van der Waals surface area contributed by atoms with Crippen molar-refractivity contribution in [3.8, 4) is 0 Å². The molecule has 0 bridgehead atoms. The van der Waals surface area contributed by atoms with Crippen LogP contribution in [-0.2, 0) is 0 Å². The van der Waals surface area contributed by atoms with E-state index in [1.54, 1.807) is 0 Å². The predicted molar refractivity (Wildman–Crippen MR) is 70.2 cm³/mol. The average molecular weight is 263 g/mol. The van der Waals surface area contributed by atoms with Gasteiger partial charge in [0.05, 0.1) is 0 Å². The van der Waals surface area contributed by atoms with Crippen molar-refractivity contribution in [3.05, 3.63) is 0 Å². The highest BCUT2D eigenvalue weighted by Crippen LogP contribution is 2.36. The Labute approximate surface area is 99.0 Å². The molecule has 0 aliphatic rings. The molecule has 0 saturated heterocycles. The molecule has 0 aromatic carbocycles. The van der Waals surface area contributed by atoms with E-state index >= 15 is 0 Å². The lowest BCUT2D eigenvalue weighted by molar-refractivity contribution is 0.253. The van der Waals surface area contributed by atoms with Crippen molar-refractivity contribution in [1.82, 2.24) is 0 Å². The van der Waals surface area contributed by atoms with Crippen LogP contribution in [0.25, 0.3) is 0 Å². The van der Waals surface area contributed by atoms with E-state index in [2.05, 4.69) is 36.7 Å². The maximum atomic E-state index is 3.72. The molecule has 0 N–H and O–H groups in total. The maximum Gasteiger partial charge on any atom is 0.00878 e. The molecule has 0 heterocycles. The van der Waals surface area contributed by atoms with E-state index < -0.39 is 0 Å². The van der Waals surface area contributed by atoms with Gasteiger partial charge in [-0.25, -0.2) is 0 Å². The molecule has 0 spiro atoms. The van der Waals surface area contributed by atoms with Gasteiger partial charge in [0.2, 0.25) is 0 Å². The number of unbranched alkanes of at least 4 members (excludes halogenated alkanes) is 3. The fraction of sp³-hybridized carbons (Fsp3) is 1.00. The Balaban J connectivity index is 3.94. The van der Waals surface area contributed by atoms with Gasteiger partial charge in [-0.1, -0.05) is 68.8 Å². The van der Waals surface area contributed by atoms with Crippen LogP contribution in [0.2, 0.25) is 0 Å². The van der Waals surface area contributed by atoms with Crippen LogP contribution in [0.4, 0.5) is 0 Å². The van der Waals surface area contributed by atoms with Crippen molar-refractivity contribution in [1.29, 1.82) is 0 Å². The third-order valence-electron chi connectivity index (χ3n) is 3.40. The lowest BCUT2D eigenvalue weighted by Crippen LogP contribution is -2.21. The summed E-state index contributed by atoms with van der Waals surface area (Å²) >= 11 is 3.72. The average Bonchev–Trinajstić information content (AvgIpc) is 2.24. The minimum absolute atomic E-state index is 0.602. The standard InChI is InChI=1S/C13H27Br/c1-4-7-9-11-13(6-3,12-14)10-8-5-2/h4-12H2,1-3H3. The molecular formula is C13H27Br. The van der Waals surface area contributed by atoms with Gasteiger partial charge in [-0.2, -0.15) is 0 Å². The topological polar surface area (TPSA) is 0 Å². The molecular weight excluding hydrogens is 236 g/mol. The van der Waals surface area contributed by atoms with E-state index in [-0.39, 0.29) is 0 Å². The SMILES string of the molecule is CCCCCC(CC)(CBr)CCCC. The molecule has 0 radical (unpaired) electrons. The third kappa shape index (κ3) is 5.38. The largest absolute Gasteiger partial charge is 0.0922 e. The third-order valence-corrected chi connectivity index (χ3v) is 4.59. The molecule has 0 nitrogen and oxygen atoms in total. The van der Waals surface area contributed by atoms with Crippen molar-refractivity contribution >= 4 is 15.9 Å². The van der Waals surface area contributed by atoms with Crippen LogP contribution in [0, 0.1) is 5.41 Å². The lowest BCUT2D eigenvalue weighted by atomic mass is 9.78. The normalized spacial score (nSPS) is 15.4. The Morgan fingerprint density at radius 2 is 1.43 bits per heavy atom. The Hall–Kier alpha value is 0.480. The van der Waals surface area contributed by atoms with Gasteiger partial charge in [-0.3, -0.25) is 0 Å². The zero-order chi connectivity index (χ0) is 10.9. The number of hydrogen-bond acceptors (Lipinski definition) is 0. The van der Waals surface area contributed by atoms with E-state index in [9.17, 15) is 0 Å². The van der Waals surface area contributed by atoms with Crippen molar-refractivity contribution < 1.29 is 0 Å². The molecule has 0 rings (SSSR count).